The molecule has 3 rings (SSSR count). The molecule has 0 saturated carbocycles. The van der Waals surface area contributed by atoms with Gasteiger partial charge in [-0.15, -0.1) is 0 Å². The van der Waals surface area contributed by atoms with Crippen molar-refractivity contribution in [2.75, 3.05) is 6.61 Å². The third-order valence-electron chi connectivity index (χ3n) is 4.00. The summed E-state index contributed by atoms with van der Waals surface area (Å²) >= 11 is 3.13. The average Bonchev–Trinajstić information content (AvgIpc) is 2.95. The van der Waals surface area contributed by atoms with E-state index in [0.717, 1.165) is 0 Å². The van der Waals surface area contributed by atoms with E-state index >= 15 is 0 Å². The zero-order valence-electron chi connectivity index (χ0n) is 11.3. The summed E-state index contributed by atoms with van der Waals surface area (Å²) < 4.78 is 19.6. The zero-order valence-corrected chi connectivity index (χ0v) is 12.9. The van der Waals surface area contributed by atoms with Crippen LogP contribution in [0.25, 0.3) is 0 Å². The van der Waals surface area contributed by atoms with Crippen LogP contribution in [-0.2, 0) is 20.9 Å². The molecule has 1 aromatic rings. The number of aliphatic hydroxyl groups excluding tert-OH is 1. The molecule has 0 spiro atoms. The molecule has 0 radical (unpaired) electrons. The Morgan fingerprint density at radius 3 is 2.95 bits per heavy atom. The maximum absolute atomic E-state index is 14.1. The van der Waals surface area contributed by atoms with Crippen molar-refractivity contribution in [3.8, 4) is 0 Å². The number of hydroxylamine groups is 2. The van der Waals surface area contributed by atoms with Gasteiger partial charge in [-0.25, -0.2) is 4.39 Å². The molecule has 0 aromatic heterocycles. The first kappa shape index (κ1) is 14.9. The lowest BCUT2D eigenvalue weighted by molar-refractivity contribution is -0.196. The molecular weight excluding hydrogens is 345 g/mol. The van der Waals surface area contributed by atoms with Crippen molar-refractivity contribution in [3.63, 3.8) is 0 Å². The second-order valence-corrected chi connectivity index (χ2v) is 6.13. The van der Waals surface area contributed by atoms with Crippen LogP contribution < -0.4 is 0 Å². The number of cyclic esters (lactones) is 1. The first-order valence-corrected chi connectivity index (χ1v) is 7.50. The Kier molecular flexibility index (Phi) is 4.00. The minimum atomic E-state index is -0.601. The van der Waals surface area contributed by atoms with E-state index in [9.17, 15) is 14.3 Å². The average molecular weight is 360 g/mol. The van der Waals surface area contributed by atoms with Crippen LogP contribution in [-0.4, -0.2) is 41.0 Å². The largest absolute Gasteiger partial charge is 0.461 e. The van der Waals surface area contributed by atoms with Crippen molar-refractivity contribution < 1.29 is 23.9 Å². The number of carbonyl (C=O) groups excluding carboxylic acids is 1. The number of carbonyl (C=O) groups is 1. The van der Waals surface area contributed by atoms with Gasteiger partial charge in [0.05, 0.1) is 23.5 Å². The number of fused-ring (bicyclic) bond motifs is 1. The molecule has 2 aliphatic rings. The predicted octanol–water partition coefficient (Wildman–Crippen LogP) is 1.63. The molecule has 7 heteroatoms. The Hall–Kier alpha value is -1.02. The number of halogens is 2. The van der Waals surface area contributed by atoms with Crippen LogP contribution >= 0.6 is 15.9 Å². The van der Waals surface area contributed by atoms with Gasteiger partial charge in [0.2, 0.25) is 0 Å². The SMILES string of the molecule is C[C@@H]1OC(=O)[C@@H]2[C@H]1[C@H](CO)ON2Cc1cccc(Br)c1F. The number of aliphatic hydroxyl groups is 1. The van der Waals surface area contributed by atoms with Crippen molar-refractivity contribution in [2.45, 2.75) is 31.7 Å². The van der Waals surface area contributed by atoms with Gasteiger partial charge in [-0.1, -0.05) is 12.1 Å². The summed E-state index contributed by atoms with van der Waals surface area (Å²) in [7, 11) is 0. The molecule has 2 saturated heterocycles. The van der Waals surface area contributed by atoms with Gasteiger partial charge in [-0.2, -0.15) is 5.06 Å². The highest BCUT2D eigenvalue weighted by molar-refractivity contribution is 9.10. The van der Waals surface area contributed by atoms with E-state index in [1.54, 1.807) is 25.1 Å². The van der Waals surface area contributed by atoms with Gasteiger partial charge < -0.3 is 9.84 Å². The van der Waals surface area contributed by atoms with Gasteiger partial charge in [0.25, 0.3) is 0 Å². The summed E-state index contributed by atoms with van der Waals surface area (Å²) in [6.07, 6.45) is -0.830. The number of nitrogens with zero attached hydrogens (tertiary/aromatic N) is 1. The van der Waals surface area contributed by atoms with E-state index in [-0.39, 0.29) is 37.0 Å². The third-order valence-corrected chi connectivity index (χ3v) is 4.61. The molecule has 2 aliphatic heterocycles. The number of esters is 1. The van der Waals surface area contributed by atoms with Crippen molar-refractivity contribution >= 4 is 21.9 Å². The molecule has 0 aliphatic carbocycles. The fourth-order valence-corrected chi connectivity index (χ4v) is 3.41. The summed E-state index contributed by atoms with van der Waals surface area (Å²) in [6.45, 7) is 1.68. The number of hydrogen-bond acceptors (Lipinski definition) is 5. The van der Waals surface area contributed by atoms with E-state index < -0.39 is 12.1 Å². The Labute approximate surface area is 129 Å². The molecule has 0 amide bonds. The smallest absolute Gasteiger partial charge is 0.326 e. The summed E-state index contributed by atoms with van der Waals surface area (Å²) in [5.74, 6) is -1.01. The molecule has 1 N–H and O–H groups in total. The van der Waals surface area contributed by atoms with Gasteiger partial charge in [-0.05, 0) is 28.9 Å². The van der Waals surface area contributed by atoms with Crippen LogP contribution in [0.2, 0.25) is 0 Å². The maximum atomic E-state index is 14.1. The van der Waals surface area contributed by atoms with Crippen molar-refractivity contribution in [1.29, 1.82) is 0 Å². The first-order valence-electron chi connectivity index (χ1n) is 6.70. The molecule has 2 fully saturated rings. The van der Waals surface area contributed by atoms with Crippen molar-refractivity contribution in [3.05, 3.63) is 34.1 Å². The van der Waals surface area contributed by atoms with Gasteiger partial charge in [0.15, 0.2) is 0 Å². The molecule has 5 nitrogen and oxygen atoms in total. The minimum absolute atomic E-state index is 0.116. The standard InChI is InChI=1S/C14H15BrFNO4/c1-7-11-10(6-18)21-17(13(11)14(19)20-7)5-8-3-2-4-9(15)12(8)16/h2-4,7,10-11,13,18H,5-6H2,1H3/t7-,10-,11+,13-/m0/s1. The lowest BCUT2D eigenvalue weighted by atomic mass is 9.93. The lowest BCUT2D eigenvalue weighted by Crippen LogP contribution is -2.35. The summed E-state index contributed by atoms with van der Waals surface area (Å²) in [4.78, 5) is 17.6. The van der Waals surface area contributed by atoms with Gasteiger partial charge in [0.1, 0.15) is 24.1 Å². The van der Waals surface area contributed by atoms with Crippen LogP contribution in [0.3, 0.4) is 0 Å². The van der Waals surface area contributed by atoms with Crippen molar-refractivity contribution in [2.24, 2.45) is 5.92 Å². The quantitative estimate of drug-likeness (QED) is 0.831. The van der Waals surface area contributed by atoms with E-state index in [1.165, 1.54) is 5.06 Å². The second kappa shape index (κ2) is 5.64. The number of rotatable bonds is 3. The number of hydrogen-bond donors (Lipinski definition) is 1. The van der Waals surface area contributed by atoms with Crippen molar-refractivity contribution in [1.82, 2.24) is 5.06 Å². The van der Waals surface area contributed by atoms with Gasteiger partial charge in [-0.3, -0.25) is 9.63 Å². The van der Waals surface area contributed by atoms with Crippen LogP contribution in [0.1, 0.15) is 12.5 Å². The highest BCUT2D eigenvalue weighted by Crippen LogP contribution is 2.38. The second-order valence-electron chi connectivity index (χ2n) is 5.28. The highest BCUT2D eigenvalue weighted by Gasteiger charge is 2.56. The molecule has 2 heterocycles. The van der Waals surface area contributed by atoms with E-state index in [1.807, 2.05) is 0 Å². The molecule has 0 bridgehead atoms. The fraction of sp³-hybridized carbons (Fsp3) is 0.500. The van der Waals surface area contributed by atoms with Crippen LogP contribution in [0.5, 0.6) is 0 Å². The molecule has 0 unspecified atom stereocenters. The van der Waals surface area contributed by atoms with Crippen LogP contribution in [0.4, 0.5) is 4.39 Å². The number of ether oxygens (including phenoxy) is 1. The first-order chi connectivity index (χ1) is 10.0. The lowest BCUT2D eigenvalue weighted by Gasteiger charge is -2.20. The third kappa shape index (κ3) is 2.48. The maximum Gasteiger partial charge on any atom is 0.326 e. The van der Waals surface area contributed by atoms with Gasteiger partial charge >= 0.3 is 5.97 Å². The van der Waals surface area contributed by atoms with Crippen LogP contribution in [0, 0.1) is 11.7 Å². The Morgan fingerprint density at radius 1 is 1.48 bits per heavy atom. The molecular formula is C14H15BrFNO4. The Balaban J connectivity index is 1.86. The molecule has 1 aromatic carbocycles. The summed E-state index contributed by atoms with van der Waals surface area (Å²) in [5.41, 5.74) is 0.411. The summed E-state index contributed by atoms with van der Waals surface area (Å²) in [6, 6.07) is 4.36. The minimum Gasteiger partial charge on any atom is -0.461 e. The fourth-order valence-electron chi connectivity index (χ4n) is 3.00. The topological polar surface area (TPSA) is 59.0 Å². The molecule has 21 heavy (non-hydrogen) atoms. The molecule has 114 valence electrons. The zero-order chi connectivity index (χ0) is 15.1. The van der Waals surface area contributed by atoms with E-state index in [0.29, 0.717) is 10.0 Å². The molecule has 4 atom stereocenters. The van der Waals surface area contributed by atoms with E-state index in [4.69, 9.17) is 9.57 Å². The normalized spacial score (nSPS) is 32.3. The predicted molar refractivity (Wildman–Crippen MR) is 74.4 cm³/mol. The Morgan fingerprint density at radius 2 is 2.24 bits per heavy atom. The van der Waals surface area contributed by atoms with Gasteiger partial charge in [0, 0.05) is 5.56 Å². The highest BCUT2D eigenvalue weighted by atomic mass is 79.9. The number of benzene rings is 1. The van der Waals surface area contributed by atoms with Crippen LogP contribution in [0.15, 0.2) is 22.7 Å². The monoisotopic (exact) mass is 359 g/mol. The Bertz CT molecular complexity index is 570. The summed E-state index contributed by atoms with van der Waals surface area (Å²) in [5, 5.41) is 10.8. The van der Waals surface area contributed by atoms with E-state index in [2.05, 4.69) is 15.9 Å².